The first-order valence-electron chi connectivity index (χ1n) is 16.0. The lowest BCUT2D eigenvalue weighted by molar-refractivity contribution is -0.0649. The molecule has 0 radical (unpaired) electrons. The maximum atomic E-state index is 11.3. The van der Waals surface area contributed by atoms with Crippen molar-refractivity contribution in [3.8, 4) is 0 Å². The average molecular weight is 522 g/mol. The van der Waals surface area contributed by atoms with E-state index in [0.29, 0.717) is 24.2 Å². The number of aliphatic hydroxyl groups excluding tert-OH is 2. The molecule has 1 heterocycles. The Balaban J connectivity index is 1.37. The van der Waals surface area contributed by atoms with Crippen LogP contribution in [0.2, 0.25) is 0 Å². The lowest BCUT2D eigenvalue weighted by atomic mass is 9.71. The second kappa shape index (κ2) is 14.4. The van der Waals surface area contributed by atoms with E-state index in [4.69, 9.17) is 9.84 Å². The first-order valence-corrected chi connectivity index (χ1v) is 16.0. The summed E-state index contributed by atoms with van der Waals surface area (Å²) in [5, 5.41) is 32.4. The molecule has 3 aliphatic carbocycles. The summed E-state index contributed by atoms with van der Waals surface area (Å²) in [6, 6.07) is 0. The van der Waals surface area contributed by atoms with E-state index in [1.807, 2.05) is 0 Å². The van der Waals surface area contributed by atoms with Gasteiger partial charge in [-0.1, -0.05) is 53.4 Å². The molecule has 6 nitrogen and oxygen atoms in total. The summed E-state index contributed by atoms with van der Waals surface area (Å²) >= 11 is 0. The summed E-state index contributed by atoms with van der Waals surface area (Å²) in [6.07, 6.45) is 15.5. The van der Waals surface area contributed by atoms with Crippen LogP contribution in [0.3, 0.4) is 0 Å². The van der Waals surface area contributed by atoms with Gasteiger partial charge in [0.25, 0.3) is 0 Å². The molecule has 5 N–H and O–H groups in total. The molecule has 11 unspecified atom stereocenters. The third-order valence-corrected chi connectivity index (χ3v) is 10.6. The second-order valence-electron chi connectivity index (χ2n) is 13.7. The van der Waals surface area contributed by atoms with E-state index in [1.165, 1.54) is 38.5 Å². The fraction of sp³-hybridized carbons (Fsp3) is 1.00. The molecule has 4 aliphatic rings. The molecule has 0 aromatic rings. The Morgan fingerprint density at radius 1 is 0.622 bits per heavy atom. The van der Waals surface area contributed by atoms with Crippen molar-refractivity contribution < 1.29 is 14.9 Å². The Labute approximate surface area is 227 Å². The van der Waals surface area contributed by atoms with Crippen LogP contribution in [0, 0.1) is 41.4 Å². The molecule has 0 aromatic heterocycles. The van der Waals surface area contributed by atoms with Crippen LogP contribution in [-0.4, -0.2) is 54.1 Å². The molecule has 3 saturated carbocycles. The first kappa shape index (κ1) is 29.7. The number of unbranched alkanes of at least 4 members (excludes halogenated alkanes) is 3. The van der Waals surface area contributed by atoms with Crippen molar-refractivity contribution in [2.75, 3.05) is 13.2 Å². The van der Waals surface area contributed by atoms with E-state index in [9.17, 15) is 5.11 Å². The van der Waals surface area contributed by atoms with Crippen molar-refractivity contribution in [2.24, 2.45) is 41.4 Å². The van der Waals surface area contributed by atoms with Crippen molar-refractivity contribution in [1.82, 2.24) is 16.0 Å². The van der Waals surface area contributed by atoms with Gasteiger partial charge in [0.1, 0.15) is 0 Å². The van der Waals surface area contributed by atoms with E-state index in [0.717, 1.165) is 75.2 Å². The van der Waals surface area contributed by atoms with Gasteiger partial charge >= 0.3 is 0 Å². The average Bonchev–Trinajstić information content (AvgIpc) is 2.86. The zero-order valence-electron chi connectivity index (χ0n) is 24.3. The van der Waals surface area contributed by atoms with Gasteiger partial charge in [-0.25, -0.2) is 0 Å². The highest BCUT2D eigenvalue weighted by atomic mass is 16.5. The maximum Gasteiger partial charge on any atom is 0.0649 e. The lowest BCUT2D eigenvalue weighted by Gasteiger charge is -2.52. The topological polar surface area (TPSA) is 85.8 Å². The number of nitrogens with one attached hydrogen (secondary N) is 3. The number of aliphatic hydroxyl groups is 2. The smallest absolute Gasteiger partial charge is 0.0649 e. The van der Waals surface area contributed by atoms with Crippen molar-refractivity contribution in [3.05, 3.63) is 0 Å². The number of hydrogen-bond donors (Lipinski definition) is 5. The van der Waals surface area contributed by atoms with Crippen LogP contribution in [0.15, 0.2) is 0 Å². The SMILES string of the molecule is CC1CCC(C2NC(C3CCC(C)CC3C)NC(C3CCC(OCCCCCCO)CC3O)N2)C(C)C1. The molecule has 1 aliphatic heterocycles. The van der Waals surface area contributed by atoms with Gasteiger partial charge in [0.15, 0.2) is 0 Å². The Kier molecular flexibility index (Phi) is 11.6. The third-order valence-electron chi connectivity index (χ3n) is 10.6. The van der Waals surface area contributed by atoms with Crippen molar-refractivity contribution in [2.45, 2.75) is 142 Å². The molecule has 6 heteroatoms. The molecule has 0 bridgehead atoms. The van der Waals surface area contributed by atoms with Crippen LogP contribution in [0.1, 0.15) is 111 Å². The van der Waals surface area contributed by atoms with Gasteiger partial charge in [-0.3, -0.25) is 16.0 Å². The summed E-state index contributed by atoms with van der Waals surface area (Å²) in [5.41, 5.74) is 0. The molecular weight excluding hydrogens is 462 g/mol. The monoisotopic (exact) mass is 521 g/mol. The van der Waals surface area contributed by atoms with Gasteiger partial charge in [-0.05, 0) is 93.3 Å². The summed E-state index contributed by atoms with van der Waals surface area (Å²) in [4.78, 5) is 0. The molecule has 4 rings (SSSR count). The van der Waals surface area contributed by atoms with E-state index >= 15 is 0 Å². The van der Waals surface area contributed by atoms with Gasteiger partial charge in [0.2, 0.25) is 0 Å². The van der Waals surface area contributed by atoms with Crippen molar-refractivity contribution in [1.29, 1.82) is 0 Å². The summed E-state index contributed by atoms with van der Waals surface area (Å²) in [6.45, 7) is 10.8. The van der Waals surface area contributed by atoms with Gasteiger partial charge in [-0.15, -0.1) is 0 Å². The maximum absolute atomic E-state index is 11.3. The highest BCUT2D eigenvalue weighted by Crippen LogP contribution is 2.40. The Morgan fingerprint density at radius 2 is 1.14 bits per heavy atom. The second-order valence-corrected chi connectivity index (χ2v) is 13.7. The van der Waals surface area contributed by atoms with Crippen LogP contribution in [0.4, 0.5) is 0 Å². The van der Waals surface area contributed by atoms with Gasteiger partial charge < -0.3 is 14.9 Å². The summed E-state index contributed by atoms with van der Waals surface area (Å²) in [5.74, 6) is 4.67. The van der Waals surface area contributed by atoms with Crippen LogP contribution in [0.5, 0.6) is 0 Å². The minimum atomic E-state index is -0.329. The molecule has 216 valence electrons. The highest BCUT2D eigenvalue weighted by molar-refractivity contribution is 4.98. The number of ether oxygens (including phenoxy) is 1. The Hall–Kier alpha value is -0.240. The minimum Gasteiger partial charge on any atom is -0.396 e. The fourth-order valence-corrected chi connectivity index (χ4v) is 8.32. The number of hydrogen-bond acceptors (Lipinski definition) is 6. The predicted molar refractivity (Wildman–Crippen MR) is 151 cm³/mol. The van der Waals surface area contributed by atoms with Crippen LogP contribution < -0.4 is 16.0 Å². The molecule has 37 heavy (non-hydrogen) atoms. The minimum absolute atomic E-state index is 0.156. The highest BCUT2D eigenvalue weighted by Gasteiger charge is 2.45. The molecule has 0 aromatic carbocycles. The van der Waals surface area contributed by atoms with E-state index < -0.39 is 0 Å². The van der Waals surface area contributed by atoms with E-state index in [1.54, 1.807) is 0 Å². The van der Waals surface area contributed by atoms with Crippen molar-refractivity contribution in [3.63, 3.8) is 0 Å². The summed E-state index contributed by atoms with van der Waals surface area (Å²) < 4.78 is 6.17. The molecule has 0 spiro atoms. The Bertz CT molecular complexity index is 632. The normalized spacial score (nSPS) is 45.6. The van der Waals surface area contributed by atoms with Crippen LogP contribution in [0.25, 0.3) is 0 Å². The standard InChI is InChI=1S/C31H59N3O3/c1-20-9-12-25(22(3)17-20)29-32-30(26-13-10-21(2)18-23(26)4)34-31(33-29)27-14-11-24(19-28(27)36)37-16-8-6-5-7-15-35/h20-36H,5-19H2,1-4H3. The van der Waals surface area contributed by atoms with Gasteiger partial charge in [-0.2, -0.15) is 0 Å². The molecular formula is C31H59N3O3. The zero-order valence-corrected chi connectivity index (χ0v) is 24.3. The third kappa shape index (κ3) is 8.14. The van der Waals surface area contributed by atoms with E-state index in [2.05, 4.69) is 43.6 Å². The van der Waals surface area contributed by atoms with Crippen LogP contribution in [-0.2, 0) is 4.74 Å². The molecule has 11 atom stereocenters. The molecule has 0 amide bonds. The fourth-order valence-electron chi connectivity index (χ4n) is 8.32. The molecule has 1 saturated heterocycles. The molecule has 4 fully saturated rings. The predicted octanol–water partition coefficient (Wildman–Crippen LogP) is 4.99. The Morgan fingerprint density at radius 3 is 1.65 bits per heavy atom. The lowest BCUT2D eigenvalue weighted by Crippen LogP contribution is -2.74. The van der Waals surface area contributed by atoms with Crippen LogP contribution >= 0.6 is 0 Å². The quantitative estimate of drug-likeness (QED) is 0.261. The van der Waals surface area contributed by atoms with E-state index in [-0.39, 0.29) is 30.9 Å². The van der Waals surface area contributed by atoms with Crippen molar-refractivity contribution >= 4 is 0 Å². The van der Waals surface area contributed by atoms with Gasteiger partial charge in [0, 0.05) is 19.1 Å². The van der Waals surface area contributed by atoms with Gasteiger partial charge in [0.05, 0.1) is 30.7 Å². The largest absolute Gasteiger partial charge is 0.396 e. The number of rotatable bonds is 10. The first-order chi connectivity index (χ1) is 17.9. The zero-order chi connectivity index (χ0) is 26.4. The summed E-state index contributed by atoms with van der Waals surface area (Å²) in [7, 11) is 0.